The summed E-state index contributed by atoms with van der Waals surface area (Å²) in [6, 6.07) is 1.76. The molecule has 5 heteroatoms. The van der Waals surface area contributed by atoms with E-state index in [0.717, 1.165) is 13.0 Å². The number of aromatic carboxylic acids is 1. The molecular formula is C12H17ClN2O2. The van der Waals surface area contributed by atoms with Crippen molar-refractivity contribution < 1.29 is 9.90 Å². The van der Waals surface area contributed by atoms with Gasteiger partial charge in [-0.25, -0.2) is 9.78 Å². The third kappa shape index (κ3) is 3.09. The van der Waals surface area contributed by atoms with Gasteiger partial charge >= 0.3 is 5.97 Å². The average Bonchev–Trinajstić information content (AvgIpc) is 2.31. The molecule has 1 N–H and O–H groups in total. The highest BCUT2D eigenvalue weighted by Crippen LogP contribution is 2.26. The van der Waals surface area contributed by atoms with E-state index in [2.05, 4.69) is 23.7 Å². The van der Waals surface area contributed by atoms with Crippen LogP contribution in [0.25, 0.3) is 0 Å². The molecule has 0 aliphatic heterocycles. The summed E-state index contributed by atoms with van der Waals surface area (Å²) in [6.45, 7) is 6.99. The maximum Gasteiger partial charge on any atom is 0.337 e. The van der Waals surface area contributed by atoms with E-state index in [1.807, 2.05) is 6.92 Å². The van der Waals surface area contributed by atoms with Gasteiger partial charge in [-0.15, -0.1) is 0 Å². The summed E-state index contributed by atoms with van der Waals surface area (Å²) in [5.41, 5.74) is 0.110. The summed E-state index contributed by atoms with van der Waals surface area (Å²) >= 11 is 6.08. The number of carboxylic acid groups (broad SMARTS) is 1. The Kier molecular flexibility index (Phi) is 4.75. The number of halogens is 1. The lowest BCUT2D eigenvalue weighted by atomic mass is 10.2. The summed E-state index contributed by atoms with van der Waals surface area (Å²) < 4.78 is 0. The number of rotatable bonds is 5. The minimum atomic E-state index is -1.02. The molecule has 0 radical (unpaired) electrons. The summed E-state index contributed by atoms with van der Waals surface area (Å²) in [4.78, 5) is 17.0. The Bertz CT molecular complexity index is 409. The van der Waals surface area contributed by atoms with Crippen LogP contribution in [0.1, 0.15) is 37.6 Å². The zero-order valence-electron chi connectivity index (χ0n) is 10.3. The van der Waals surface area contributed by atoms with Gasteiger partial charge in [0.05, 0.1) is 10.6 Å². The van der Waals surface area contributed by atoms with Crippen molar-refractivity contribution in [1.29, 1.82) is 0 Å². The quantitative estimate of drug-likeness (QED) is 0.880. The lowest BCUT2D eigenvalue weighted by molar-refractivity contribution is 0.0696. The fraction of sp³-hybridized carbons (Fsp3) is 0.500. The van der Waals surface area contributed by atoms with Gasteiger partial charge in [0.25, 0.3) is 0 Å². The van der Waals surface area contributed by atoms with E-state index in [1.165, 1.54) is 12.3 Å². The molecule has 1 aromatic rings. The van der Waals surface area contributed by atoms with Crippen LogP contribution in [0, 0.1) is 0 Å². The molecule has 94 valence electrons. The maximum absolute atomic E-state index is 10.8. The first-order chi connectivity index (χ1) is 8.01. The Morgan fingerprint density at radius 3 is 2.65 bits per heavy atom. The van der Waals surface area contributed by atoms with Gasteiger partial charge in [-0.05, 0) is 26.3 Å². The standard InChI is InChI=1S/C12H17ClN2O2/c1-4-8(3)15(5-2)11-10(13)6-9(7-14-11)12(16)17/h6-8H,4-5H2,1-3H3,(H,16,17). The second-order valence-electron chi connectivity index (χ2n) is 3.88. The van der Waals surface area contributed by atoms with Crippen LogP contribution in [0.15, 0.2) is 12.3 Å². The van der Waals surface area contributed by atoms with Gasteiger partial charge in [-0.2, -0.15) is 0 Å². The van der Waals surface area contributed by atoms with Crippen molar-refractivity contribution in [2.75, 3.05) is 11.4 Å². The maximum atomic E-state index is 10.8. The molecule has 0 aliphatic carbocycles. The number of anilines is 1. The third-order valence-electron chi connectivity index (χ3n) is 2.80. The fourth-order valence-corrected chi connectivity index (χ4v) is 1.92. The summed E-state index contributed by atoms with van der Waals surface area (Å²) in [5, 5.41) is 9.22. The first-order valence-corrected chi connectivity index (χ1v) is 6.04. The average molecular weight is 257 g/mol. The van der Waals surface area contributed by atoms with E-state index >= 15 is 0 Å². The van der Waals surface area contributed by atoms with Crippen LogP contribution in [-0.2, 0) is 0 Å². The molecule has 1 heterocycles. The van der Waals surface area contributed by atoms with Crippen LogP contribution in [0.3, 0.4) is 0 Å². The van der Waals surface area contributed by atoms with E-state index in [4.69, 9.17) is 16.7 Å². The van der Waals surface area contributed by atoms with Crippen LogP contribution in [0.5, 0.6) is 0 Å². The van der Waals surface area contributed by atoms with Crippen LogP contribution in [0.2, 0.25) is 5.02 Å². The van der Waals surface area contributed by atoms with Gasteiger partial charge in [-0.3, -0.25) is 0 Å². The highest BCUT2D eigenvalue weighted by molar-refractivity contribution is 6.33. The van der Waals surface area contributed by atoms with Crippen LogP contribution >= 0.6 is 11.6 Å². The first-order valence-electron chi connectivity index (χ1n) is 5.66. The molecular weight excluding hydrogens is 240 g/mol. The predicted molar refractivity (Wildman–Crippen MR) is 69.0 cm³/mol. The zero-order valence-corrected chi connectivity index (χ0v) is 11.0. The molecule has 0 spiro atoms. The largest absolute Gasteiger partial charge is 0.478 e. The normalized spacial score (nSPS) is 12.2. The van der Waals surface area contributed by atoms with E-state index in [9.17, 15) is 4.79 Å². The summed E-state index contributed by atoms with van der Waals surface area (Å²) in [5.74, 6) is -0.369. The SMILES string of the molecule is CCC(C)N(CC)c1ncc(C(=O)O)cc1Cl. The Labute approximate surface area is 106 Å². The van der Waals surface area contributed by atoms with Crippen molar-refractivity contribution in [2.45, 2.75) is 33.2 Å². The number of pyridine rings is 1. The number of hydrogen-bond acceptors (Lipinski definition) is 3. The van der Waals surface area contributed by atoms with Crippen LogP contribution in [-0.4, -0.2) is 28.6 Å². The number of aromatic nitrogens is 1. The second-order valence-corrected chi connectivity index (χ2v) is 4.29. The minimum Gasteiger partial charge on any atom is -0.478 e. The van der Waals surface area contributed by atoms with Crippen molar-refractivity contribution in [3.63, 3.8) is 0 Å². The molecule has 0 saturated carbocycles. The smallest absolute Gasteiger partial charge is 0.337 e. The second kappa shape index (κ2) is 5.87. The number of hydrogen-bond donors (Lipinski definition) is 1. The van der Waals surface area contributed by atoms with Gasteiger partial charge in [-0.1, -0.05) is 18.5 Å². The van der Waals surface area contributed by atoms with Crippen molar-refractivity contribution in [2.24, 2.45) is 0 Å². The molecule has 0 fully saturated rings. The summed E-state index contributed by atoms with van der Waals surface area (Å²) in [7, 11) is 0. The topological polar surface area (TPSA) is 53.4 Å². The van der Waals surface area contributed by atoms with E-state index in [1.54, 1.807) is 0 Å². The number of nitrogens with zero attached hydrogens (tertiary/aromatic N) is 2. The van der Waals surface area contributed by atoms with Crippen molar-refractivity contribution >= 4 is 23.4 Å². The minimum absolute atomic E-state index is 0.110. The van der Waals surface area contributed by atoms with E-state index in [-0.39, 0.29) is 5.56 Å². The molecule has 1 unspecified atom stereocenters. The van der Waals surface area contributed by atoms with Gasteiger partial charge in [0, 0.05) is 18.8 Å². The molecule has 0 saturated heterocycles. The van der Waals surface area contributed by atoms with Gasteiger partial charge in [0.15, 0.2) is 0 Å². The van der Waals surface area contributed by atoms with Gasteiger partial charge in [0.1, 0.15) is 5.82 Å². The molecule has 0 aliphatic rings. The van der Waals surface area contributed by atoms with Crippen molar-refractivity contribution in [3.8, 4) is 0 Å². The Hall–Kier alpha value is -1.29. The Morgan fingerprint density at radius 2 is 2.24 bits per heavy atom. The molecule has 0 aromatic carbocycles. The molecule has 1 atom stereocenters. The highest BCUT2D eigenvalue weighted by Gasteiger charge is 2.17. The fourth-order valence-electron chi connectivity index (χ4n) is 1.65. The van der Waals surface area contributed by atoms with Crippen LogP contribution < -0.4 is 4.90 Å². The number of carboxylic acids is 1. The monoisotopic (exact) mass is 256 g/mol. The highest BCUT2D eigenvalue weighted by atomic mass is 35.5. The number of carbonyl (C=O) groups is 1. The van der Waals surface area contributed by atoms with Crippen LogP contribution in [0.4, 0.5) is 5.82 Å². The molecule has 17 heavy (non-hydrogen) atoms. The van der Waals surface area contributed by atoms with E-state index in [0.29, 0.717) is 16.9 Å². The molecule has 1 rings (SSSR count). The van der Waals surface area contributed by atoms with Gasteiger partial charge < -0.3 is 10.0 Å². The lowest BCUT2D eigenvalue weighted by Crippen LogP contribution is -2.33. The van der Waals surface area contributed by atoms with Gasteiger partial charge in [0.2, 0.25) is 0 Å². The first kappa shape index (κ1) is 13.8. The van der Waals surface area contributed by atoms with Crippen molar-refractivity contribution in [1.82, 2.24) is 4.98 Å². The summed E-state index contributed by atoms with van der Waals surface area (Å²) in [6.07, 6.45) is 2.32. The molecule has 4 nitrogen and oxygen atoms in total. The Morgan fingerprint density at radius 1 is 1.59 bits per heavy atom. The molecule has 0 bridgehead atoms. The Balaban J connectivity index is 3.09. The zero-order chi connectivity index (χ0) is 13.0. The van der Waals surface area contributed by atoms with Crippen molar-refractivity contribution in [3.05, 3.63) is 22.8 Å². The predicted octanol–water partition coefficient (Wildman–Crippen LogP) is 3.06. The lowest BCUT2D eigenvalue weighted by Gasteiger charge is -2.29. The molecule has 1 aromatic heterocycles. The third-order valence-corrected chi connectivity index (χ3v) is 3.08. The van der Waals surface area contributed by atoms with E-state index < -0.39 is 5.97 Å². The molecule has 0 amide bonds.